The zero-order valence-corrected chi connectivity index (χ0v) is 12.9. The molecule has 0 unspecified atom stereocenters. The van der Waals surface area contributed by atoms with Crippen LogP contribution in [-0.2, 0) is 4.79 Å². The summed E-state index contributed by atoms with van der Waals surface area (Å²) in [5.74, 6) is -1.26. The lowest BCUT2D eigenvalue weighted by atomic mass is 10.1. The Morgan fingerprint density at radius 3 is 2.17 bits per heavy atom. The first-order chi connectivity index (χ1) is 11.0. The topological polar surface area (TPSA) is 66.5 Å². The number of amides is 3. The lowest BCUT2D eigenvalue weighted by Crippen LogP contribution is -2.45. The van der Waals surface area contributed by atoms with Crippen LogP contribution in [0.2, 0.25) is 0 Å². The maximum Gasteiger partial charge on any atom is 0.262 e. The lowest BCUT2D eigenvalue weighted by Gasteiger charge is -2.21. The van der Waals surface area contributed by atoms with Crippen molar-refractivity contribution in [3.8, 4) is 0 Å². The predicted molar refractivity (Wildman–Crippen MR) is 86.2 cm³/mol. The molecule has 2 aromatic carbocycles. The third-order valence-electron chi connectivity index (χ3n) is 3.88. The SMILES string of the molecule is Cc1cccc(NC(=O)[C@H](C)N2C(=O)c3ccccc3C2=O)c1. The molecule has 2 aromatic rings. The maximum atomic E-state index is 12.4. The molecule has 116 valence electrons. The van der Waals surface area contributed by atoms with Crippen LogP contribution in [0.15, 0.2) is 48.5 Å². The fourth-order valence-electron chi connectivity index (χ4n) is 2.65. The summed E-state index contributed by atoms with van der Waals surface area (Å²) in [7, 11) is 0. The summed E-state index contributed by atoms with van der Waals surface area (Å²) in [6, 6.07) is 13.0. The van der Waals surface area contributed by atoms with Gasteiger partial charge in [-0.1, -0.05) is 24.3 Å². The molecule has 5 heteroatoms. The molecular formula is C18H16N2O3. The highest BCUT2D eigenvalue weighted by molar-refractivity contribution is 6.23. The van der Waals surface area contributed by atoms with Crippen molar-refractivity contribution in [3.05, 3.63) is 65.2 Å². The lowest BCUT2D eigenvalue weighted by molar-refractivity contribution is -0.119. The number of anilines is 1. The molecule has 3 rings (SSSR count). The number of imide groups is 1. The van der Waals surface area contributed by atoms with E-state index in [1.54, 1.807) is 37.3 Å². The van der Waals surface area contributed by atoms with Crippen molar-refractivity contribution in [1.82, 2.24) is 4.90 Å². The van der Waals surface area contributed by atoms with Gasteiger partial charge in [0, 0.05) is 5.69 Å². The molecule has 1 aliphatic rings. The number of carbonyl (C=O) groups is 3. The van der Waals surface area contributed by atoms with Crippen LogP contribution in [0.4, 0.5) is 5.69 Å². The molecule has 0 saturated heterocycles. The van der Waals surface area contributed by atoms with Gasteiger partial charge in [-0.05, 0) is 43.7 Å². The summed E-state index contributed by atoms with van der Waals surface area (Å²) in [5, 5.41) is 2.74. The Morgan fingerprint density at radius 1 is 1.00 bits per heavy atom. The molecule has 0 radical (unpaired) electrons. The normalized spacial score (nSPS) is 14.6. The van der Waals surface area contributed by atoms with Gasteiger partial charge in [-0.2, -0.15) is 0 Å². The summed E-state index contributed by atoms with van der Waals surface area (Å²) >= 11 is 0. The van der Waals surface area contributed by atoms with E-state index < -0.39 is 23.8 Å². The molecule has 23 heavy (non-hydrogen) atoms. The summed E-state index contributed by atoms with van der Waals surface area (Å²) in [4.78, 5) is 38.2. The molecule has 1 N–H and O–H groups in total. The fourth-order valence-corrected chi connectivity index (χ4v) is 2.65. The number of fused-ring (bicyclic) bond motifs is 1. The van der Waals surface area contributed by atoms with Gasteiger partial charge in [0.05, 0.1) is 11.1 Å². The molecular weight excluding hydrogens is 292 g/mol. The average molecular weight is 308 g/mol. The van der Waals surface area contributed by atoms with Crippen LogP contribution in [0.25, 0.3) is 0 Å². The van der Waals surface area contributed by atoms with Gasteiger partial charge in [0.25, 0.3) is 11.8 Å². The smallest absolute Gasteiger partial charge is 0.262 e. The zero-order valence-electron chi connectivity index (χ0n) is 12.9. The fraction of sp³-hybridized carbons (Fsp3) is 0.167. The number of nitrogens with zero attached hydrogens (tertiary/aromatic N) is 1. The molecule has 0 spiro atoms. The van der Waals surface area contributed by atoms with E-state index in [1.807, 2.05) is 25.1 Å². The molecule has 5 nitrogen and oxygen atoms in total. The largest absolute Gasteiger partial charge is 0.324 e. The van der Waals surface area contributed by atoms with E-state index in [2.05, 4.69) is 5.32 Å². The molecule has 3 amide bonds. The van der Waals surface area contributed by atoms with Crippen LogP contribution >= 0.6 is 0 Å². The van der Waals surface area contributed by atoms with Gasteiger partial charge >= 0.3 is 0 Å². The van der Waals surface area contributed by atoms with E-state index in [1.165, 1.54) is 0 Å². The molecule has 1 heterocycles. The van der Waals surface area contributed by atoms with E-state index in [0.717, 1.165) is 10.5 Å². The van der Waals surface area contributed by atoms with Gasteiger partial charge < -0.3 is 5.32 Å². The van der Waals surface area contributed by atoms with E-state index in [0.29, 0.717) is 16.8 Å². The van der Waals surface area contributed by atoms with Gasteiger partial charge in [-0.3, -0.25) is 19.3 Å². The van der Waals surface area contributed by atoms with Crippen molar-refractivity contribution in [2.24, 2.45) is 0 Å². The molecule has 0 aliphatic carbocycles. The van der Waals surface area contributed by atoms with Crippen LogP contribution in [0.1, 0.15) is 33.2 Å². The molecule has 0 fully saturated rings. The van der Waals surface area contributed by atoms with Crippen molar-refractivity contribution < 1.29 is 14.4 Å². The van der Waals surface area contributed by atoms with Crippen molar-refractivity contribution in [3.63, 3.8) is 0 Å². The summed E-state index contributed by atoms with van der Waals surface area (Å²) in [6.07, 6.45) is 0. The van der Waals surface area contributed by atoms with E-state index in [-0.39, 0.29) is 0 Å². The van der Waals surface area contributed by atoms with Gasteiger partial charge in [-0.15, -0.1) is 0 Å². The predicted octanol–water partition coefficient (Wildman–Crippen LogP) is 2.62. The number of carbonyl (C=O) groups excluding carboxylic acids is 3. The molecule has 1 aliphatic heterocycles. The Kier molecular flexibility index (Phi) is 3.70. The second-order valence-electron chi connectivity index (χ2n) is 5.56. The van der Waals surface area contributed by atoms with Crippen molar-refractivity contribution >= 4 is 23.4 Å². The third kappa shape index (κ3) is 2.61. The Hall–Kier alpha value is -2.95. The second-order valence-corrected chi connectivity index (χ2v) is 5.56. The first-order valence-corrected chi connectivity index (χ1v) is 7.33. The highest BCUT2D eigenvalue weighted by Gasteiger charge is 2.40. The molecule has 0 bridgehead atoms. The van der Waals surface area contributed by atoms with Gasteiger partial charge in [0.15, 0.2) is 0 Å². The van der Waals surface area contributed by atoms with Crippen molar-refractivity contribution in [2.45, 2.75) is 19.9 Å². The minimum Gasteiger partial charge on any atom is -0.324 e. The van der Waals surface area contributed by atoms with E-state index in [4.69, 9.17) is 0 Å². The minimum atomic E-state index is -0.886. The standard InChI is InChI=1S/C18H16N2O3/c1-11-6-5-7-13(10-11)19-16(21)12(2)20-17(22)14-8-3-4-9-15(14)18(20)23/h3-10,12H,1-2H3,(H,19,21)/t12-/m0/s1. The minimum absolute atomic E-state index is 0.340. The highest BCUT2D eigenvalue weighted by atomic mass is 16.2. The summed E-state index contributed by atoms with van der Waals surface area (Å²) in [5.41, 5.74) is 2.33. The first kappa shape index (κ1) is 15.0. The Bertz CT molecular complexity index is 778. The van der Waals surface area contributed by atoms with Crippen LogP contribution in [0.5, 0.6) is 0 Å². The van der Waals surface area contributed by atoms with Crippen molar-refractivity contribution in [2.75, 3.05) is 5.32 Å². The van der Waals surface area contributed by atoms with Crippen LogP contribution in [0.3, 0.4) is 0 Å². The number of hydrogen-bond acceptors (Lipinski definition) is 3. The first-order valence-electron chi connectivity index (χ1n) is 7.33. The van der Waals surface area contributed by atoms with E-state index in [9.17, 15) is 14.4 Å². The number of nitrogens with one attached hydrogen (secondary N) is 1. The molecule has 1 atom stereocenters. The van der Waals surface area contributed by atoms with E-state index >= 15 is 0 Å². The van der Waals surface area contributed by atoms with Gasteiger partial charge in [-0.25, -0.2) is 0 Å². The van der Waals surface area contributed by atoms with Crippen LogP contribution in [0, 0.1) is 6.92 Å². The number of aryl methyl sites for hydroxylation is 1. The summed E-state index contributed by atoms with van der Waals surface area (Å²) in [6.45, 7) is 3.47. The number of benzene rings is 2. The third-order valence-corrected chi connectivity index (χ3v) is 3.88. The number of rotatable bonds is 3. The van der Waals surface area contributed by atoms with Crippen molar-refractivity contribution in [1.29, 1.82) is 0 Å². The Labute approximate surface area is 133 Å². The molecule has 0 aromatic heterocycles. The average Bonchev–Trinajstić information content (AvgIpc) is 2.79. The maximum absolute atomic E-state index is 12.4. The summed E-state index contributed by atoms with van der Waals surface area (Å²) < 4.78 is 0. The Morgan fingerprint density at radius 2 is 1.61 bits per heavy atom. The monoisotopic (exact) mass is 308 g/mol. The van der Waals surface area contributed by atoms with Gasteiger partial charge in [0.1, 0.15) is 6.04 Å². The quantitative estimate of drug-likeness (QED) is 0.886. The number of hydrogen-bond donors (Lipinski definition) is 1. The second kappa shape index (κ2) is 5.68. The van der Waals surface area contributed by atoms with Gasteiger partial charge in [0.2, 0.25) is 5.91 Å². The highest BCUT2D eigenvalue weighted by Crippen LogP contribution is 2.25. The molecule has 0 saturated carbocycles. The zero-order chi connectivity index (χ0) is 16.6. The van der Waals surface area contributed by atoms with Crippen LogP contribution < -0.4 is 5.32 Å². The Balaban J connectivity index is 1.81. The van der Waals surface area contributed by atoms with Crippen LogP contribution in [-0.4, -0.2) is 28.7 Å².